The van der Waals surface area contributed by atoms with Crippen LogP contribution in [-0.2, 0) is 0 Å². The summed E-state index contributed by atoms with van der Waals surface area (Å²) in [6.45, 7) is 0. The van der Waals surface area contributed by atoms with Crippen molar-refractivity contribution in [2.24, 2.45) is 5.73 Å². The van der Waals surface area contributed by atoms with Gasteiger partial charge in [-0.05, 0) is 44.9 Å². The lowest BCUT2D eigenvalue weighted by molar-refractivity contribution is -0.384. The fourth-order valence-corrected chi connectivity index (χ4v) is 2.70. The minimum atomic E-state index is -0.667. The predicted molar refractivity (Wildman–Crippen MR) is 80.3 cm³/mol. The third-order valence-electron chi connectivity index (χ3n) is 3.97. The van der Waals surface area contributed by atoms with Gasteiger partial charge in [-0.15, -0.1) is 0 Å². The molecular weight excluding hydrogens is 272 g/mol. The molecule has 114 valence electrons. The summed E-state index contributed by atoms with van der Waals surface area (Å²) in [7, 11) is 1.95. The molecule has 0 bridgehead atoms. The molecule has 2 rings (SSSR count). The van der Waals surface area contributed by atoms with Crippen LogP contribution in [0, 0.1) is 10.1 Å². The number of rotatable bonds is 5. The molecule has 0 radical (unpaired) electrons. The summed E-state index contributed by atoms with van der Waals surface area (Å²) in [5, 5.41) is 17.6. The molecule has 1 aromatic carbocycles. The van der Waals surface area contributed by atoms with Gasteiger partial charge in [0, 0.05) is 23.7 Å². The number of amides is 1. The number of primary amides is 1. The van der Waals surface area contributed by atoms with E-state index < -0.39 is 10.8 Å². The van der Waals surface area contributed by atoms with Crippen molar-refractivity contribution in [2.75, 3.05) is 12.4 Å². The minimum Gasteiger partial charge on any atom is -0.377 e. The van der Waals surface area contributed by atoms with Crippen LogP contribution in [0.1, 0.15) is 36.0 Å². The lowest BCUT2D eigenvalue weighted by atomic mass is 9.91. The molecule has 1 aromatic rings. The Morgan fingerprint density at radius 1 is 1.29 bits per heavy atom. The number of nitro groups is 1. The number of benzene rings is 1. The van der Waals surface area contributed by atoms with Gasteiger partial charge < -0.3 is 16.4 Å². The SMILES string of the molecule is CNC1CCC(Nc2ccc(C(N)=O)cc2[N+](=O)[O-])CC1. The van der Waals surface area contributed by atoms with Gasteiger partial charge >= 0.3 is 0 Å². The highest BCUT2D eigenvalue weighted by atomic mass is 16.6. The van der Waals surface area contributed by atoms with E-state index in [1.807, 2.05) is 7.05 Å². The second-order valence-electron chi connectivity index (χ2n) is 5.33. The number of nitrogens with one attached hydrogen (secondary N) is 2. The van der Waals surface area contributed by atoms with Gasteiger partial charge in [0.2, 0.25) is 5.91 Å². The second kappa shape index (κ2) is 6.53. The van der Waals surface area contributed by atoms with Crippen LogP contribution in [-0.4, -0.2) is 30.0 Å². The molecule has 1 fully saturated rings. The maximum Gasteiger partial charge on any atom is 0.293 e. The molecule has 1 aliphatic rings. The fourth-order valence-electron chi connectivity index (χ4n) is 2.70. The van der Waals surface area contributed by atoms with E-state index >= 15 is 0 Å². The summed E-state index contributed by atoms with van der Waals surface area (Å²) in [5.41, 5.74) is 5.64. The van der Waals surface area contributed by atoms with Crippen LogP contribution in [0.4, 0.5) is 11.4 Å². The van der Waals surface area contributed by atoms with Crippen LogP contribution in [0.3, 0.4) is 0 Å². The molecule has 21 heavy (non-hydrogen) atoms. The number of hydrogen-bond acceptors (Lipinski definition) is 5. The van der Waals surface area contributed by atoms with E-state index in [-0.39, 0.29) is 17.3 Å². The highest BCUT2D eigenvalue weighted by Gasteiger charge is 2.23. The summed E-state index contributed by atoms with van der Waals surface area (Å²) >= 11 is 0. The Hall–Kier alpha value is -2.15. The molecule has 0 aromatic heterocycles. The van der Waals surface area contributed by atoms with Gasteiger partial charge in [0.15, 0.2) is 0 Å². The second-order valence-corrected chi connectivity index (χ2v) is 5.33. The van der Waals surface area contributed by atoms with Crippen LogP contribution >= 0.6 is 0 Å². The zero-order valence-electron chi connectivity index (χ0n) is 12.0. The Morgan fingerprint density at radius 2 is 1.90 bits per heavy atom. The van der Waals surface area contributed by atoms with Crippen LogP contribution in [0.15, 0.2) is 18.2 Å². The van der Waals surface area contributed by atoms with Gasteiger partial charge in [-0.1, -0.05) is 0 Å². The Kier molecular flexibility index (Phi) is 4.74. The molecule has 0 saturated heterocycles. The summed E-state index contributed by atoms with van der Waals surface area (Å²) in [4.78, 5) is 21.8. The average molecular weight is 292 g/mol. The molecule has 7 heteroatoms. The lowest BCUT2D eigenvalue weighted by Crippen LogP contribution is -2.35. The smallest absolute Gasteiger partial charge is 0.293 e. The summed E-state index contributed by atoms with van der Waals surface area (Å²) < 4.78 is 0. The molecule has 1 aliphatic carbocycles. The molecule has 0 heterocycles. The molecule has 1 saturated carbocycles. The van der Waals surface area contributed by atoms with Crippen LogP contribution in [0.25, 0.3) is 0 Å². The van der Waals surface area contributed by atoms with E-state index in [0.29, 0.717) is 11.7 Å². The third kappa shape index (κ3) is 3.69. The normalized spacial score (nSPS) is 21.8. The Bertz CT molecular complexity index is 539. The fraction of sp³-hybridized carbons (Fsp3) is 0.500. The van der Waals surface area contributed by atoms with Gasteiger partial charge in [0.05, 0.1) is 4.92 Å². The molecule has 7 nitrogen and oxygen atoms in total. The molecule has 0 spiro atoms. The van der Waals surface area contributed by atoms with Crippen LogP contribution < -0.4 is 16.4 Å². The number of carbonyl (C=O) groups excluding carboxylic acids is 1. The van der Waals surface area contributed by atoms with Crippen molar-refractivity contribution >= 4 is 17.3 Å². The zero-order valence-corrected chi connectivity index (χ0v) is 12.0. The highest BCUT2D eigenvalue weighted by molar-refractivity contribution is 5.94. The van der Waals surface area contributed by atoms with Gasteiger partial charge in [0.25, 0.3) is 5.69 Å². The van der Waals surface area contributed by atoms with E-state index in [9.17, 15) is 14.9 Å². The summed E-state index contributed by atoms with van der Waals surface area (Å²) in [6, 6.07) is 5.03. The van der Waals surface area contributed by atoms with Crippen LogP contribution in [0.2, 0.25) is 0 Å². The number of carbonyl (C=O) groups is 1. The first-order valence-corrected chi connectivity index (χ1v) is 7.03. The number of nitro benzene ring substituents is 1. The molecule has 0 unspecified atom stereocenters. The van der Waals surface area contributed by atoms with E-state index in [1.54, 1.807) is 6.07 Å². The van der Waals surface area contributed by atoms with E-state index in [4.69, 9.17) is 5.73 Å². The number of nitrogens with two attached hydrogens (primary N) is 1. The first-order valence-electron chi connectivity index (χ1n) is 7.03. The molecular formula is C14H20N4O3. The van der Waals surface area contributed by atoms with Gasteiger partial charge in [-0.3, -0.25) is 14.9 Å². The Labute approximate surface area is 123 Å². The quantitative estimate of drug-likeness (QED) is 0.564. The Morgan fingerprint density at radius 3 is 2.43 bits per heavy atom. The maximum atomic E-state index is 11.1. The topological polar surface area (TPSA) is 110 Å². The highest BCUT2D eigenvalue weighted by Crippen LogP contribution is 2.29. The van der Waals surface area contributed by atoms with Gasteiger partial charge in [-0.2, -0.15) is 0 Å². The van der Waals surface area contributed by atoms with Crippen LogP contribution in [0.5, 0.6) is 0 Å². The number of hydrogen-bond donors (Lipinski definition) is 3. The van der Waals surface area contributed by atoms with Crippen molar-refractivity contribution in [2.45, 2.75) is 37.8 Å². The van der Waals surface area contributed by atoms with Gasteiger partial charge in [0.1, 0.15) is 5.69 Å². The van der Waals surface area contributed by atoms with Crippen molar-refractivity contribution in [3.8, 4) is 0 Å². The largest absolute Gasteiger partial charge is 0.377 e. The van der Waals surface area contributed by atoms with E-state index in [1.165, 1.54) is 12.1 Å². The van der Waals surface area contributed by atoms with Crippen molar-refractivity contribution in [1.29, 1.82) is 0 Å². The van der Waals surface area contributed by atoms with Crippen molar-refractivity contribution in [3.05, 3.63) is 33.9 Å². The zero-order chi connectivity index (χ0) is 15.4. The maximum absolute atomic E-state index is 11.1. The summed E-state index contributed by atoms with van der Waals surface area (Å²) in [6.07, 6.45) is 4.00. The standard InChI is InChI=1S/C14H20N4O3/c1-16-10-3-5-11(6-4-10)17-12-7-2-9(14(15)19)8-13(12)18(20)21/h2,7-8,10-11,16-17H,3-6H2,1H3,(H2,15,19). The van der Waals surface area contributed by atoms with Crippen molar-refractivity contribution < 1.29 is 9.72 Å². The third-order valence-corrected chi connectivity index (χ3v) is 3.97. The van der Waals surface area contributed by atoms with E-state index in [2.05, 4.69) is 10.6 Å². The molecule has 0 atom stereocenters. The number of nitrogens with zero attached hydrogens (tertiary/aromatic N) is 1. The molecule has 4 N–H and O–H groups in total. The minimum absolute atomic E-state index is 0.109. The summed E-state index contributed by atoms with van der Waals surface area (Å²) in [5.74, 6) is -0.667. The first kappa shape index (κ1) is 15.2. The predicted octanol–water partition coefficient (Wildman–Crippen LogP) is 1.64. The average Bonchev–Trinajstić information content (AvgIpc) is 2.48. The monoisotopic (exact) mass is 292 g/mol. The molecule has 0 aliphatic heterocycles. The number of anilines is 1. The van der Waals surface area contributed by atoms with Gasteiger partial charge in [-0.25, -0.2) is 0 Å². The first-order chi connectivity index (χ1) is 10.0. The van der Waals surface area contributed by atoms with Crippen molar-refractivity contribution in [3.63, 3.8) is 0 Å². The van der Waals surface area contributed by atoms with Crippen molar-refractivity contribution in [1.82, 2.24) is 5.32 Å². The van der Waals surface area contributed by atoms with E-state index in [0.717, 1.165) is 25.7 Å². The molecule has 1 amide bonds. The Balaban J connectivity index is 2.13. The lowest BCUT2D eigenvalue weighted by Gasteiger charge is -2.29.